The molecule has 2 unspecified atom stereocenters. The van der Waals surface area contributed by atoms with Crippen LogP contribution in [0.2, 0.25) is 0 Å². The molecule has 0 radical (unpaired) electrons. The topological polar surface area (TPSA) is 146 Å². The second kappa shape index (κ2) is 10.4. The molecule has 9 heteroatoms. The first-order chi connectivity index (χ1) is 15.4. The number of hydrogen-bond acceptors (Lipinski definition) is 5. The van der Waals surface area contributed by atoms with Crippen LogP contribution in [0.4, 0.5) is 10.5 Å². The quantitative estimate of drug-likeness (QED) is 0.230. The first kappa shape index (κ1) is 22.8. The minimum absolute atomic E-state index is 0.209. The van der Waals surface area contributed by atoms with Crippen LogP contribution in [0.3, 0.4) is 0 Å². The van der Waals surface area contributed by atoms with E-state index in [-0.39, 0.29) is 6.03 Å². The van der Waals surface area contributed by atoms with Gasteiger partial charge in [-0.15, -0.1) is 0 Å². The Morgan fingerprint density at radius 3 is 2.06 bits per heavy atom. The van der Waals surface area contributed by atoms with Crippen molar-refractivity contribution in [3.63, 3.8) is 0 Å². The average Bonchev–Trinajstić information content (AvgIpc) is 3.60. The van der Waals surface area contributed by atoms with Crippen LogP contribution in [-0.2, 0) is 4.79 Å². The predicted molar refractivity (Wildman–Crippen MR) is 119 cm³/mol. The summed E-state index contributed by atoms with van der Waals surface area (Å²) in [6.45, 7) is 1.55. The van der Waals surface area contributed by atoms with Gasteiger partial charge in [-0.2, -0.15) is 0 Å². The van der Waals surface area contributed by atoms with E-state index in [1.165, 1.54) is 5.48 Å². The Bertz CT molecular complexity index is 1030. The maximum Gasteiger partial charge on any atom is 0.319 e. The molecule has 2 aromatic rings. The van der Waals surface area contributed by atoms with E-state index in [9.17, 15) is 14.4 Å². The van der Waals surface area contributed by atoms with Gasteiger partial charge in [-0.1, -0.05) is 11.8 Å². The standard InChI is InChI=1S/C23H25N5O4/c1-14(24)20(22(30)28-32)27-21(29)17-8-4-15(5-9-17)2-3-16-6-10-18(11-7-16)25-23(31)26-19-12-13-19/h4-11,14,19-20,32H,12-13,24H2,1H3,(H,27,29)(H,28,30)(H2,25,26,31). The second-order valence-corrected chi connectivity index (χ2v) is 7.56. The van der Waals surface area contributed by atoms with E-state index in [2.05, 4.69) is 27.8 Å². The largest absolute Gasteiger partial charge is 0.339 e. The van der Waals surface area contributed by atoms with E-state index in [0.29, 0.717) is 22.9 Å². The van der Waals surface area contributed by atoms with Gasteiger partial charge in [0.1, 0.15) is 6.04 Å². The molecule has 0 heterocycles. The first-order valence-electron chi connectivity index (χ1n) is 10.2. The molecule has 2 aromatic carbocycles. The zero-order chi connectivity index (χ0) is 23.1. The lowest BCUT2D eigenvalue weighted by Gasteiger charge is -2.20. The fourth-order valence-corrected chi connectivity index (χ4v) is 2.80. The van der Waals surface area contributed by atoms with E-state index in [4.69, 9.17) is 10.9 Å². The van der Waals surface area contributed by atoms with Gasteiger partial charge in [0.25, 0.3) is 11.8 Å². The number of nitrogens with two attached hydrogens (primary N) is 1. The number of benzene rings is 2. The summed E-state index contributed by atoms with van der Waals surface area (Å²) in [5, 5.41) is 16.9. The molecule has 0 aliphatic heterocycles. The summed E-state index contributed by atoms with van der Waals surface area (Å²) >= 11 is 0. The van der Waals surface area contributed by atoms with Gasteiger partial charge in [0, 0.05) is 34.5 Å². The van der Waals surface area contributed by atoms with Crippen molar-refractivity contribution in [1.29, 1.82) is 0 Å². The number of anilines is 1. The molecule has 32 heavy (non-hydrogen) atoms. The number of hydrogen-bond donors (Lipinski definition) is 6. The molecule has 0 spiro atoms. The molecule has 4 amide bonds. The Morgan fingerprint density at radius 1 is 1.00 bits per heavy atom. The fourth-order valence-electron chi connectivity index (χ4n) is 2.80. The molecule has 1 aliphatic rings. The Hall–Kier alpha value is -3.87. The van der Waals surface area contributed by atoms with Gasteiger partial charge in [-0.3, -0.25) is 14.8 Å². The molecule has 3 rings (SSSR count). The zero-order valence-electron chi connectivity index (χ0n) is 17.5. The molecule has 9 nitrogen and oxygen atoms in total. The van der Waals surface area contributed by atoms with Crippen molar-refractivity contribution in [3.05, 3.63) is 65.2 Å². The highest BCUT2D eigenvalue weighted by atomic mass is 16.5. The van der Waals surface area contributed by atoms with Gasteiger partial charge in [0.15, 0.2) is 0 Å². The molecule has 0 bridgehead atoms. The zero-order valence-corrected chi connectivity index (χ0v) is 17.5. The summed E-state index contributed by atoms with van der Waals surface area (Å²) < 4.78 is 0. The number of carbonyl (C=O) groups is 3. The van der Waals surface area contributed by atoms with E-state index in [0.717, 1.165) is 18.4 Å². The van der Waals surface area contributed by atoms with Crippen molar-refractivity contribution >= 4 is 23.5 Å². The SMILES string of the molecule is CC(N)C(NC(=O)c1ccc(C#Cc2ccc(NC(=O)NC3CC3)cc2)cc1)C(=O)NO. The van der Waals surface area contributed by atoms with Crippen molar-refractivity contribution in [1.82, 2.24) is 16.1 Å². The summed E-state index contributed by atoms with van der Waals surface area (Å²) in [4.78, 5) is 35.7. The lowest BCUT2D eigenvalue weighted by Crippen LogP contribution is -2.54. The molecule has 7 N–H and O–H groups in total. The molecule has 0 aromatic heterocycles. The third-order valence-electron chi connectivity index (χ3n) is 4.76. The van der Waals surface area contributed by atoms with Crippen LogP contribution in [0, 0.1) is 11.8 Å². The minimum Gasteiger partial charge on any atom is -0.339 e. The highest BCUT2D eigenvalue weighted by Crippen LogP contribution is 2.19. The van der Waals surface area contributed by atoms with E-state index in [1.54, 1.807) is 43.3 Å². The van der Waals surface area contributed by atoms with Gasteiger partial charge in [-0.25, -0.2) is 10.3 Å². The lowest BCUT2D eigenvalue weighted by molar-refractivity contribution is -0.131. The Balaban J connectivity index is 1.58. The number of carbonyl (C=O) groups excluding carboxylic acids is 3. The highest BCUT2D eigenvalue weighted by molar-refractivity contribution is 5.97. The van der Waals surface area contributed by atoms with E-state index < -0.39 is 23.9 Å². The molecule has 166 valence electrons. The third kappa shape index (κ3) is 6.57. The molecular weight excluding hydrogens is 410 g/mol. The number of rotatable bonds is 6. The maximum absolute atomic E-state index is 12.3. The van der Waals surface area contributed by atoms with Gasteiger partial charge >= 0.3 is 6.03 Å². The van der Waals surface area contributed by atoms with Crippen LogP contribution in [0.25, 0.3) is 0 Å². The third-order valence-corrected chi connectivity index (χ3v) is 4.76. The average molecular weight is 435 g/mol. The molecular formula is C23H25N5O4. The summed E-state index contributed by atoms with van der Waals surface area (Å²) in [6.07, 6.45) is 2.06. The van der Waals surface area contributed by atoms with Crippen molar-refractivity contribution < 1.29 is 19.6 Å². The van der Waals surface area contributed by atoms with Crippen LogP contribution < -0.4 is 27.2 Å². The first-order valence-corrected chi connectivity index (χ1v) is 10.2. The van der Waals surface area contributed by atoms with Gasteiger partial charge in [0.2, 0.25) is 0 Å². The van der Waals surface area contributed by atoms with Crippen LogP contribution >= 0.6 is 0 Å². The monoisotopic (exact) mass is 435 g/mol. The fraction of sp³-hybridized carbons (Fsp3) is 0.261. The summed E-state index contributed by atoms with van der Waals surface area (Å²) in [6, 6.07) is 12.0. The van der Waals surface area contributed by atoms with Crippen LogP contribution in [0.1, 0.15) is 41.3 Å². The molecule has 0 saturated heterocycles. The van der Waals surface area contributed by atoms with Crippen molar-refractivity contribution in [2.45, 2.75) is 37.9 Å². The Morgan fingerprint density at radius 2 is 1.56 bits per heavy atom. The highest BCUT2D eigenvalue weighted by Gasteiger charge is 2.25. The normalized spacial score (nSPS) is 14.2. The molecule has 2 atom stereocenters. The Labute approximate surface area is 185 Å². The Kier molecular flexibility index (Phi) is 7.44. The van der Waals surface area contributed by atoms with Crippen LogP contribution in [-0.4, -0.2) is 41.2 Å². The van der Waals surface area contributed by atoms with Gasteiger partial charge in [0.05, 0.1) is 0 Å². The smallest absolute Gasteiger partial charge is 0.319 e. The number of urea groups is 1. The van der Waals surface area contributed by atoms with Gasteiger partial charge in [-0.05, 0) is 68.3 Å². The summed E-state index contributed by atoms with van der Waals surface area (Å²) in [5.74, 6) is 4.75. The molecule has 1 saturated carbocycles. The van der Waals surface area contributed by atoms with Crippen LogP contribution in [0.5, 0.6) is 0 Å². The minimum atomic E-state index is -1.07. The summed E-state index contributed by atoms with van der Waals surface area (Å²) in [7, 11) is 0. The second-order valence-electron chi connectivity index (χ2n) is 7.56. The van der Waals surface area contributed by atoms with E-state index >= 15 is 0 Å². The molecule has 1 aliphatic carbocycles. The van der Waals surface area contributed by atoms with Crippen molar-refractivity contribution in [2.24, 2.45) is 5.73 Å². The lowest BCUT2D eigenvalue weighted by atomic mass is 10.1. The van der Waals surface area contributed by atoms with Crippen LogP contribution in [0.15, 0.2) is 48.5 Å². The number of nitrogens with one attached hydrogen (secondary N) is 4. The van der Waals surface area contributed by atoms with Gasteiger partial charge < -0.3 is 21.7 Å². The van der Waals surface area contributed by atoms with Crippen molar-refractivity contribution in [3.8, 4) is 11.8 Å². The predicted octanol–water partition coefficient (Wildman–Crippen LogP) is 1.32. The number of amides is 4. The summed E-state index contributed by atoms with van der Waals surface area (Å²) in [5.41, 5.74) is 9.66. The number of hydroxylamine groups is 1. The van der Waals surface area contributed by atoms with Crippen molar-refractivity contribution in [2.75, 3.05) is 5.32 Å². The maximum atomic E-state index is 12.3. The molecule has 1 fully saturated rings. The van der Waals surface area contributed by atoms with E-state index in [1.807, 2.05) is 12.1 Å².